The molecule has 0 radical (unpaired) electrons. The van der Waals surface area contributed by atoms with Crippen molar-refractivity contribution in [2.24, 2.45) is 0 Å². The Bertz CT molecular complexity index is 4860. The van der Waals surface area contributed by atoms with Gasteiger partial charge in [-0.25, -0.2) is 0 Å². The number of ether oxygens (including phenoxy) is 2. The molecule has 12 aromatic carbocycles. The van der Waals surface area contributed by atoms with E-state index in [-0.39, 0.29) is 0 Å². The minimum absolute atomic E-state index is 0.804. The Balaban J connectivity index is 0.875. The third-order valence-corrected chi connectivity index (χ3v) is 17.3. The molecule has 6 nitrogen and oxygen atoms in total. The third-order valence-electron chi connectivity index (χ3n) is 17.3. The predicted octanol–water partition coefficient (Wildman–Crippen LogP) is 18.7. The van der Waals surface area contributed by atoms with Crippen LogP contribution in [0.15, 0.2) is 267 Å². The van der Waals surface area contributed by atoms with Crippen molar-refractivity contribution in [3.63, 3.8) is 0 Å². The first-order valence-electron chi connectivity index (χ1n) is 27.1. The highest BCUT2D eigenvalue weighted by Gasteiger charge is 2.52. The molecule has 0 unspecified atom stereocenters. The smallest absolute Gasteiger partial charge is 0.156 e. The SMILES string of the molecule is c1ccc2c(c1)Oc1c(-n3c4ccccc4c4cc(-n5c6ccccc6c6ccccc65)ccc43)cccc1C21c2ccccc2Oc2c(-n3c4ccccc4c4cc(-n5c6ccccc6c6ccccc65)ccc43)cccc21. The van der Waals surface area contributed by atoms with Crippen molar-refractivity contribution >= 4 is 87.2 Å². The molecule has 0 saturated carbocycles. The quantitative estimate of drug-likeness (QED) is 0.176. The lowest BCUT2D eigenvalue weighted by molar-refractivity contribution is 0.398. The summed E-state index contributed by atoms with van der Waals surface area (Å²) in [7, 11) is 0. The van der Waals surface area contributed by atoms with E-state index >= 15 is 0 Å². The van der Waals surface area contributed by atoms with Gasteiger partial charge in [0.1, 0.15) is 11.5 Å². The van der Waals surface area contributed by atoms with Crippen LogP contribution in [0, 0.1) is 0 Å². The first kappa shape index (κ1) is 42.6. The maximum absolute atomic E-state index is 7.41. The Morgan fingerprint density at radius 1 is 0.228 bits per heavy atom. The highest BCUT2D eigenvalue weighted by Crippen LogP contribution is 2.63. The average molecular weight is 1010 g/mol. The largest absolute Gasteiger partial charge is 0.454 e. The lowest BCUT2D eigenvalue weighted by Crippen LogP contribution is -2.37. The first-order valence-corrected chi connectivity index (χ1v) is 27.1. The van der Waals surface area contributed by atoms with Crippen LogP contribution >= 0.6 is 0 Å². The summed E-state index contributed by atoms with van der Waals surface area (Å²) < 4.78 is 24.4. The van der Waals surface area contributed by atoms with Crippen LogP contribution in [-0.4, -0.2) is 18.3 Å². The summed E-state index contributed by atoms with van der Waals surface area (Å²) >= 11 is 0. The predicted molar refractivity (Wildman–Crippen MR) is 322 cm³/mol. The van der Waals surface area contributed by atoms with E-state index in [4.69, 9.17) is 9.47 Å². The lowest BCUT2D eigenvalue weighted by Gasteiger charge is -2.45. The van der Waals surface area contributed by atoms with Gasteiger partial charge in [-0.3, -0.25) is 0 Å². The van der Waals surface area contributed by atoms with E-state index < -0.39 is 5.41 Å². The molecule has 0 saturated heterocycles. The number of hydrogen-bond acceptors (Lipinski definition) is 2. The number of benzene rings is 12. The van der Waals surface area contributed by atoms with E-state index in [2.05, 4.69) is 285 Å². The normalized spacial score (nSPS) is 13.4. The van der Waals surface area contributed by atoms with Gasteiger partial charge < -0.3 is 27.7 Å². The highest BCUT2D eigenvalue weighted by molar-refractivity contribution is 6.14. The third kappa shape index (κ3) is 5.58. The fourth-order valence-corrected chi connectivity index (χ4v) is 14.1. The van der Waals surface area contributed by atoms with Crippen LogP contribution in [0.1, 0.15) is 22.3 Å². The molecule has 0 atom stereocenters. The topological polar surface area (TPSA) is 38.2 Å². The number of hydrogen-bond donors (Lipinski definition) is 0. The van der Waals surface area contributed by atoms with Crippen LogP contribution in [-0.2, 0) is 5.41 Å². The molecule has 368 valence electrons. The molecule has 0 N–H and O–H groups in total. The molecule has 4 aromatic heterocycles. The molecule has 18 rings (SSSR count). The van der Waals surface area contributed by atoms with Gasteiger partial charge in [0.15, 0.2) is 11.5 Å². The number of para-hydroxylation sites is 10. The summed E-state index contributed by atoms with van der Waals surface area (Å²) in [5, 5.41) is 9.64. The van der Waals surface area contributed by atoms with E-state index in [0.29, 0.717) is 0 Å². The zero-order valence-electron chi connectivity index (χ0n) is 42.5. The van der Waals surface area contributed by atoms with E-state index in [9.17, 15) is 0 Å². The van der Waals surface area contributed by atoms with Crippen molar-refractivity contribution in [2.75, 3.05) is 0 Å². The molecule has 2 aliphatic heterocycles. The van der Waals surface area contributed by atoms with Gasteiger partial charge in [-0.2, -0.15) is 0 Å². The van der Waals surface area contributed by atoms with Gasteiger partial charge >= 0.3 is 0 Å². The number of rotatable bonds is 4. The molecule has 79 heavy (non-hydrogen) atoms. The standard InChI is InChI=1S/C73H44N4O2/c1-9-29-59-47(19-1)48-20-2-10-30-60(48)74(59)45-39-41-65-53(43-45)51-23-5-13-33-63(51)76(65)67-35-17-27-57-71(67)78-69-37-15-7-25-55(69)73(57)56-26-8-16-38-70(56)79-72-58(73)28-18-36-68(72)77-64-34-14-6-24-52(64)54-44-46(40-42-66(54)77)75-61-31-11-3-21-49(61)50-22-4-12-32-62(50)75/h1-44H. The molecular weight excluding hydrogens is 965 g/mol. The molecular formula is C73H44N4O2. The molecule has 6 heterocycles. The summed E-state index contributed by atoms with van der Waals surface area (Å²) in [6.45, 7) is 0. The van der Waals surface area contributed by atoms with E-state index in [1.807, 2.05) is 0 Å². The zero-order chi connectivity index (χ0) is 51.5. The van der Waals surface area contributed by atoms with Gasteiger partial charge in [0.25, 0.3) is 0 Å². The van der Waals surface area contributed by atoms with Crippen molar-refractivity contribution in [3.05, 3.63) is 289 Å². The summed E-state index contributed by atoms with van der Waals surface area (Å²) in [6.07, 6.45) is 0. The Hall–Kier alpha value is -10.6. The summed E-state index contributed by atoms with van der Waals surface area (Å²) in [6, 6.07) is 97.0. The Morgan fingerprint density at radius 3 is 0.899 bits per heavy atom. The van der Waals surface area contributed by atoms with E-state index in [1.165, 1.54) is 65.2 Å². The van der Waals surface area contributed by atoms with Crippen molar-refractivity contribution in [2.45, 2.75) is 5.41 Å². The fourth-order valence-electron chi connectivity index (χ4n) is 14.1. The second-order valence-corrected chi connectivity index (χ2v) is 21.1. The fraction of sp³-hybridized carbons (Fsp3) is 0.0137. The van der Waals surface area contributed by atoms with Gasteiger partial charge in [0, 0.05) is 76.7 Å². The van der Waals surface area contributed by atoms with Crippen LogP contribution in [0.25, 0.3) is 110 Å². The van der Waals surface area contributed by atoms with E-state index in [1.54, 1.807) is 0 Å². The van der Waals surface area contributed by atoms with Crippen molar-refractivity contribution in [3.8, 4) is 45.7 Å². The monoisotopic (exact) mass is 1010 g/mol. The minimum atomic E-state index is -0.856. The van der Waals surface area contributed by atoms with Gasteiger partial charge in [-0.05, 0) is 97.1 Å². The Kier molecular flexibility index (Phi) is 8.51. The highest BCUT2D eigenvalue weighted by atomic mass is 16.5. The Morgan fingerprint density at radius 2 is 0.519 bits per heavy atom. The van der Waals surface area contributed by atoms with Gasteiger partial charge in [0.05, 0.1) is 60.9 Å². The first-order chi connectivity index (χ1) is 39.2. The van der Waals surface area contributed by atoms with Gasteiger partial charge in [-0.1, -0.05) is 170 Å². The molecule has 0 bridgehead atoms. The van der Waals surface area contributed by atoms with Crippen LogP contribution in [0.3, 0.4) is 0 Å². The van der Waals surface area contributed by atoms with E-state index in [0.717, 1.165) is 90.1 Å². The molecule has 16 aromatic rings. The molecule has 2 aliphatic rings. The summed E-state index contributed by atoms with van der Waals surface area (Å²) in [5.41, 5.74) is 16.6. The molecule has 1 spiro atoms. The maximum atomic E-state index is 7.41. The van der Waals surface area contributed by atoms with Crippen LogP contribution in [0.2, 0.25) is 0 Å². The van der Waals surface area contributed by atoms with Crippen molar-refractivity contribution < 1.29 is 9.47 Å². The zero-order valence-corrected chi connectivity index (χ0v) is 42.5. The number of aromatic nitrogens is 4. The van der Waals surface area contributed by atoms with Gasteiger partial charge in [-0.15, -0.1) is 0 Å². The van der Waals surface area contributed by atoms with Gasteiger partial charge in [0.2, 0.25) is 0 Å². The maximum Gasteiger partial charge on any atom is 0.156 e. The summed E-state index contributed by atoms with van der Waals surface area (Å²) in [4.78, 5) is 0. The second-order valence-electron chi connectivity index (χ2n) is 21.1. The van der Waals surface area contributed by atoms with Crippen LogP contribution < -0.4 is 9.47 Å². The second kappa shape index (κ2) is 15.8. The van der Waals surface area contributed by atoms with Crippen molar-refractivity contribution in [1.29, 1.82) is 0 Å². The van der Waals surface area contributed by atoms with Crippen LogP contribution in [0.5, 0.6) is 23.0 Å². The van der Waals surface area contributed by atoms with Crippen LogP contribution in [0.4, 0.5) is 0 Å². The number of nitrogens with zero attached hydrogens (tertiary/aromatic N) is 4. The summed E-state index contributed by atoms with van der Waals surface area (Å²) in [5.74, 6) is 3.22. The average Bonchev–Trinajstić information content (AvgIpc) is 4.40. The number of fused-ring (bicyclic) bond motifs is 20. The molecule has 0 fully saturated rings. The lowest BCUT2D eigenvalue weighted by atomic mass is 9.62. The minimum Gasteiger partial charge on any atom is -0.454 e. The molecule has 0 amide bonds. The molecule has 6 heteroatoms. The van der Waals surface area contributed by atoms with Crippen molar-refractivity contribution in [1.82, 2.24) is 18.3 Å². The molecule has 0 aliphatic carbocycles. The Labute approximate surface area is 453 Å².